The smallest absolute Gasteiger partial charge is 0.126 e. The second kappa shape index (κ2) is 4.63. The van der Waals surface area contributed by atoms with E-state index in [1.807, 2.05) is 35.8 Å². The second-order valence-electron chi connectivity index (χ2n) is 3.85. The molecular weight excluding hydrogens is 202 g/mol. The summed E-state index contributed by atoms with van der Waals surface area (Å²) in [6.07, 6.45) is 0.842. The van der Waals surface area contributed by atoms with Gasteiger partial charge in [-0.2, -0.15) is 0 Å². The lowest BCUT2D eigenvalue weighted by Gasteiger charge is -2.11. The first-order valence-electron chi connectivity index (χ1n) is 5.59. The highest BCUT2D eigenvalue weighted by atomic mass is 16.3. The van der Waals surface area contributed by atoms with Crippen molar-refractivity contribution in [2.75, 3.05) is 6.61 Å². The predicted octanol–water partition coefficient (Wildman–Crippen LogP) is 1.44. The zero-order valence-corrected chi connectivity index (χ0v) is 9.43. The lowest BCUT2D eigenvalue weighted by Crippen LogP contribution is -2.17. The average molecular weight is 219 g/mol. The number of nitrogens with zero attached hydrogens (tertiary/aromatic N) is 2. The third-order valence-corrected chi connectivity index (χ3v) is 2.78. The topological polar surface area (TPSA) is 64.1 Å². The van der Waals surface area contributed by atoms with Crippen LogP contribution in [-0.4, -0.2) is 21.3 Å². The van der Waals surface area contributed by atoms with Gasteiger partial charge >= 0.3 is 0 Å². The number of rotatable bonds is 4. The number of fused-ring (bicyclic) bond motifs is 1. The van der Waals surface area contributed by atoms with E-state index in [2.05, 4.69) is 4.98 Å². The molecule has 0 aliphatic carbocycles. The quantitative estimate of drug-likeness (QED) is 0.817. The molecule has 86 valence electrons. The number of nitrogens with two attached hydrogens (primary N) is 1. The Hall–Kier alpha value is -1.39. The predicted molar refractivity (Wildman–Crippen MR) is 64.0 cm³/mol. The Kier molecular flexibility index (Phi) is 3.22. The van der Waals surface area contributed by atoms with E-state index in [0.717, 1.165) is 23.3 Å². The van der Waals surface area contributed by atoms with Gasteiger partial charge in [-0.05, 0) is 18.6 Å². The fourth-order valence-electron chi connectivity index (χ4n) is 1.89. The lowest BCUT2D eigenvalue weighted by atomic mass is 10.2. The molecule has 4 heteroatoms. The number of para-hydroxylation sites is 2. The zero-order chi connectivity index (χ0) is 11.5. The van der Waals surface area contributed by atoms with Crippen LogP contribution in [0.25, 0.3) is 11.0 Å². The SMILES string of the molecule is CCC(N)c1nc2ccccc2n1CCO. The number of aliphatic hydroxyl groups is 1. The van der Waals surface area contributed by atoms with Gasteiger partial charge in [0.15, 0.2) is 0 Å². The van der Waals surface area contributed by atoms with Crippen LogP contribution in [0, 0.1) is 0 Å². The van der Waals surface area contributed by atoms with Gasteiger partial charge in [0, 0.05) is 6.54 Å². The summed E-state index contributed by atoms with van der Waals surface area (Å²) in [5.41, 5.74) is 8.00. The average Bonchev–Trinajstić information content (AvgIpc) is 2.68. The molecule has 4 nitrogen and oxygen atoms in total. The van der Waals surface area contributed by atoms with Gasteiger partial charge in [0.2, 0.25) is 0 Å². The Morgan fingerprint density at radius 3 is 2.88 bits per heavy atom. The highest BCUT2D eigenvalue weighted by molar-refractivity contribution is 5.76. The first-order chi connectivity index (χ1) is 7.77. The summed E-state index contributed by atoms with van der Waals surface area (Å²) in [7, 11) is 0. The van der Waals surface area contributed by atoms with Crippen LogP contribution in [0.3, 0.4) is 0 Å². The summed E-state index contributed by atoms with van der Waals surface area (Å²) in [6, 6.07) is 7.83. The standard InChI is InChI=1S/C12H17N3O/c1-2-9(13)12-14-10-5-3-4-6-11(10)15(12)7-8-16/h3-6,9,16H,2,7-8,13H2,1H3. The van der Waals surface area contributed by atoms with Crippen molar-refractivity contribution in [3.05, 3.63) is 30.1 Å². The van der Waals surface area contributed by atoms with Gasteiger partial charge in [0.05, 0.1) is 23.7 Å². The molecule has 1 atom stereocenters. The summed E-state index contributed by atoms with van der Waals surface area (Å²) in [4.78, 5) is 4.53. The van der Waals surface area contributed by atoms with Crippen LogP contribution in [0.2, 0.25) is 0 Å². The Morgan fingerprint density at radius 2 is 2.19 bits per heavy atom. The fraction of sp³-hybridized carbons (Fsp3) is 0.417. The van der Waals surface area contributed by atoms with Crippen molar-refractivity contribution in [2.45, 2.75) is 25.9 Å². The molecule has 0 radical (unpaired) electrons. The van der Waals surface area contributed by atoms with E-state index < -0.39 is 0 Å². The summed E-state index contributed by atoms with van der Waals surface area (Å²) in [5, 5.41) is 9.09. The van der Waals surface area contributed by atoms with Gasteiger partial charge in [-0.1, -0.05) is 19.1 Å². The van der Waals surface area contributed by atoms with Crippen molar-refractivity contribution in [1.82, 2.24) is 9.55 Å². The monoisotopic (exact) mass is 219 g/mol. The minimum absolute atomic E-state index is 0.0704. The molecule has 1 aromatic heterocycles. The maximum Gasteiger partial charge on any atom is 0.126 e. The molecule has 1 unspecified atom stereocenters. The molecule has 1 aromatic carbocycles. The van der Waals surface area contributed by atoms with Gasteiger partial charge in [0.25, 0.3) is 0 Å². The first-order valence-corrected chi connectivity index (χ1v) is 5.59. The Balaban J connectivity index is 2.58. The van der Waals surface area contributed by atoms with Gasteiger partial charge in [0.1, 0.15) is 5.82 Å². The number of aromatic nitrogens is 2. The van der Waals surface area contributed by atoms with Gasteiger partial charge in [-0.15, -0.1) is 0 Å². The van der Waals surface area contributed by atoms with E-state index in [4.69, 9.17) is 10.8 Å². The van der Waals surface area contributed by atoms with Crippen molar-refractivity contribution < 1.29 is 5.11 Å². The molecule has 16 heavy (non-hydrogen) atoms. The molecule has 0 fully saturated rings. The number of imidazole rings is 1. The van der Waals surface area contributed by atoms with E-state index >= 15 is 0 Å². The van der Waals surface area contributed by atoms with Crippen LogP contribution in [-0.2, 0) is 6.54 Å². The zero-order valence-electron chi connectivity index (χ0n) is 9.43. The number of hydrogen-bond acceptors (Lipinski definition) is 3. The van der Waals surface area contributed by atoms with Gasteiger partial charge < -0.3 is 15.4 Å². The second-order valence-corrected chi connectivity index (χ2v) is 3.85. The Morgan fingerprint density at radius 1 is 1.44 bits per heavy atom. The fourth-order valence-corrected chi connectivity index (χ4v) is 1.89. The van der Waals surface area contributed by atoms with Crippen LogP contribution >= 0.6 is 0 Å². The Bertz CT molecular complexity index is 478. The summed E-state index contributed by atoms with van der Waals surface area (Å²) >= 11 is 0. The third kappa shape index (κ3) is 1.81. The molecule has 0 bridgehead atoms. The number of aliphatic hydroxyl groups excluding tert-OH is 1. The van der Waals surface area contributed by atoms with Crippen molar-refractivity contribution in [2.24, 2.45) is 5.73 Å². The molecule has 0 aliphatic rings. The van der Waals surface area contributed by atoms with Crippen LogP contribution in [0.1, 0.15) is 25.2 Å². The Labute approximate surface area is 94.7 Å². The van der Waals surface area contributed by atoms with Gasteiger partial charge in [-0.3, -0.25) is 0 Å². The summed E-state index contributed by atoms with van der Waals surface area (Å²) < 4.78 is 2.00. The maximum atomic E-state index is 9.09. The molecule has 1 heterocycles. The molecule has 0 saturated carbocycles. The molecular formula is C12H17N3O. The van der Waals surface area contributed by atoms with Crippen LogP contribution in [0.15, 0.2) is 24.3 Å². The summed E-state index contributed by atoms with van der Waals surface area (Å²) in [6.45, 7) is 2.68. The molecule has 0 amide bonds. The molecule has 3 N–H and O–H groups in total. The van der Waals surface area contributed by atoms with E-state index in [9.17, 15) is 0 Å². The third-order valence-electron chi connectivity index (χ3n) is 2.78. The minimum Gasteiger partial charge on any atom is -0.395 e. The van der Waals surface area contributed by atoms with Crippen molar-refractivity contribution in [1.29, 1.82) is 0 Å². The van der Waals surface area contributed by atoms with E-state index in [-0.39, 0.29) is 12.6 Å². The molecule has 0 aliphatic heterocycles. The van der Waals surface area contributed by atoms with Crippen molar-refractivity contribution >= 4 is 11.0 Å². The number of hydrogen-bond donors (Lipinski definition) is 2. The largest absolute Gasteiger partial charge is 0.395 e. The number of benzene rings is 1. The van der Waals surface area contributed by atoms with Crippen LogP contribution < -0.4 is 5.73 Å². The highest BCUT2D eigenvalue weighted by Gasteiger charge is 2.14. The molecule has 0 spiro atoms. The van der Waals surface area contributed by atoms with E-state index in [1.165, 1.54) is 0 Å². The van der Waals surface area contributed by atoms with Crippen molar-refractivity contribution in [3.63, 3.8) is 0 Å². The molecule has 2 rings (SSSR count). The van der Waals surface area contributed by atoms with Gasteiger partial charge in [-0.25, -0.2) is 4.98 Å². The minimum atomic E-state index is -0.0704. The normalized spacial score (nSPS) is 13.2. The molecule has 0 saturated heterocycles. The summed E-state index contributed by atoms with van der Waals surface area (Å²) in [5.74, 6) is 0.859. The molecule has 2 aromatic rings. The van der Waals surface area contributed by atoms with E-state index in [1.54, 1.807) is 0 Å². The van der Waals surface area contributed by atoms with Crippen molar-refractivity contribution in [3.8, 4) is 0 Å². The lowest BCUT2D eigenvalue weighted by molar-refractivity contribution is 0.275. The van der Waals surface area contributed by atoms with E-state index in [0.29, 0.717) is 6.54 Å². The van der Waals surface area contributed by atoms with Crippen LogP contribution in [0.5, 0.6) is 0 Å². The highest BCUT2D eigenvalue weighted by Crippen LogP contribution is 2.20. The van der Waals surface area contributed by atoms with Crippen LogP contribution in [0.4, 0.5) is 0 Å². The first kappa shape index (κ1) is 11.1. The maximum absolute atomic E-state index is 9.09.